The van der Waals surface area contributed by atoms with Crippen LogP contribution in [0.1, 0.15) is 12.5 Å². The fourth-order valence-corrected chi connectivity index (χ4v) is 2.97. The number of aryl methyl sites for hydroxylation is 1. The first-order valence-electron chi connectivity index (χ1n) is 8.08. The monoisotopic (exact) mass is 370 g/mol. The summed E-state index contributed by atoms with van der Waals surface area (Å²) in [5, 5.41) is 3.07. The van der Waals surface area contributed by atoms with Crippen molar-refractivity contribution in [2.75, 3.05) is 17.7 Å². The third-order valence-corrected chi connectivity index (χ3v) is 4.32. The number of nitrogens with one attached hydrogen (secondary N) is 1. The van der Waals surface area contributed by atoms with Gasteiger partial charge in [0.25, 0.3) is 0 Å². The van der Waals surface area contributed by atoms with E-state index in [1.807, 2.05) is 32.0 Å². The van der Waals surface area contributed by atoms with Crippen LogP contribution in [0.3, 0.4) is 0 Å². The Morgan fingerprint density at radius 3 is 2.85 bits per heavy atom. The number of carbonyl (C=O) groups excluding carboxylic acids is 1. The molecule has 134 valence electrons. The molecular weight excluding hydrogens is 352 g/mol. The number of fused-ring (bicyclic) bond motifs is 1. The van der Waals surface area contributed by atoms with Crippen molar-refractivity contribution < 1.29 is 9.53 Å². The lowest BCUT2D eigenvalue weighted by atomic mass is 10.3. The molecule has 1 amide bonds. The molecule has 2 aromatic heterocycles. The molecule has 1 N–H and O–H groups in total. The van der Waals surface area contributed by atoms with E-state index >= 15 is 0 Å². The predicted molar refractivity (Wildman–Crippen MR) is 101 cm³/mol. The van der Waals surface area contributed by atoms with Crippen molar-refractivity contribution in [3.05, 3.63) is 58.6 Å². The van der Waals surface area contributed by atoms with Crippen LogP contribution in [0.25, 0.3) is 5.65 Å². The molecule has 0 aliphatic heterocycles. The normalized spacial score (nSPS) is 10.7. The van der Waals surface area contributed by atoms with Gasteiger partial charge in [-0.15, -0.1) is 0 Å². The van der Waals surface area contributed by atoms with Crippen molar-refractivity contribution in [2.24, 2.45) is 0 Å². The minimum Gasteiger partial charge on any atom is -0.492 e. The Bertz CT molecular complexity index is 1000. The molecule has 3 rings (SSSR count). The highest BCUT2D eigenvalue weighted by molar-refractivity contribution is 7.99. The number of hydrogen-bond donors (Lipinski definition) is 1. The number of ether oxygens (including phenoxy) is 1. The summed E-state index contributed by atoms with van der Waals surface area (Å²) in [4.78, 5) is 32.5. The highest BCUT2D eigenvalue weighted by Gasteiger charge is 2.10. The van der Waals surface area contributed by atoms with E-state index in [0.29, 0.717) is 23.7 Å². The van der Waals surface area contributed by atoms with Crippen LogP contribution in [0.15, 0.2) is 52.5 Å². The minimum atomic E-state index is -0.414. The van der Waals surface area contributed by atoms with Crippen LogP contribution in [0.2, 0.25) is 0 Å². The molecule has 0 spiro atoms. The van der Waals surface area contributed by atoms with Gasteiger partial charge < -0.3 is 10.1 Å². The molecule has 7 nitrogen and oxygen atoms in total. The molecule has 1 aromatic carbocycles. The van der Waals surface area contributed by atoms with E-state index in [1.54, 1.807) is 24.4 Å². The molecule has 0 bridgehead atoms. The van der Waals surface area contributed by atoms with Gasteiger partial charge in [0.05, 0.1) is 18.0 Å². The van der Waals surface area contributed by atoms with Gasteiger partial charge in [-0.1, -0.05) is 30.0 Å². The molecule has 0 aliphatic carbocycles. The van der Waals surface area contributed by atoms with E-state index in [1.165, 1.54) is 4.40 Å². The average Bonchev–Trinajstić information content (AvgIpc) is 2.62. The van der Waals surface area contributed by atoms with Crippen LogP contribution < -0.4 is 15.7 Å². The number of para-hydroxylation sites is 2. The average molecular weight is 370 g/mol. The summed E-state index contributed by atoms with van der Waals surface area (Å²) < 4.78 is 6.87. The van der Waals surface area contributed by atoms with Gasteiger partial charge in [0.2, 0.25) is 5.91 Å². The van der Waals surface area contributed by atoms with E-state index in [0.717, 1.165) is 17.3 Å². The van der Waals surface area contributed by atoms with Gasteiger partial charge in [0.1, 0.15) is 11.4 Å². The number of rotatable bonds is 6. The Labute approximate surface area is 154 Å². The van der Waals surface area contributed by atoms with Crippen molar-refractivity contribution >= 4 is 29.0 Å². The first-order valence-corrected chi connectivity index (χ1v) is 9.07. The number of anilines is 1. The summed E-state index contributed by atoms with van der Waals surface area (Å²) in [5.41, 5.74) is 1.63. The van der Waals surface area contributed by atoms with Crippen molar-refractivity contribution in [3.63, 3.8) is 0 Å². The molecule has 0 saturated heterocycles. The van der Waals surface area contributed by atoms with E-state index in [2.05, 4.69) is 15.3 Å². The van der Waals surface area contributed by atoms with Gasteiger partial charge in [-0.3, -0.25) is 9.20 Å². The predicted octanol–water partition coefficient (Wildman–Crippen LogP) is 2.53. The Morgan fingerprint density at radius 1 is 1.23 bits per heavy atom. The van der Waals surface area contributed by atoms with Gasteiger partial charge in [0.15, 0.2) is 5.16 Å². The van der Waals surface area contributed by atoms with E-state index in [-0.39, 0.29) is 16.8 Å². The van der Waals surface area contributed by atoms with Crippen molar-refractivity contribution in [1.29, 1.82) is 0 Å². The van der Waals surface area contributed by atoms with Crippen LogP contribution in [0.4, 0.5) is 5.69 Å². The third-order valence-electron chi connectivity index (χ3n) is 3.48. The topological polar surface area (TPSA) is 85.6 Å². The SMILES string of the molecule is CCOc1ccccc1NC(=O)CSc1nc(=O)n2cc(C)ccc2n1. The quantitative estimate of drug-likeness (QED) is 0.671. The van der Waals surface area contributed by atoms with Gasteiger partial charge in [-0.2, -0.15) is 4.98 Å². The molecule has 0 unspecified atom stereocenters. The van der Waals surface area contributed by atoms with Crippen LogP contribution in [0.5, 0.6) is 5.75 Å². The number of carbonyl (C=O) groups is 1. The van der Waals surface area contributed by atoms with Crippen LogP contribution in [-0.2, 0) is 4.79 Å². The fraction of sp³-hybridized carbons (Fsp3) is 0.222. The number of nitrogens with zero attached hydrogens (tertiary/aromatic N) is 3. The zero-order valence-corrected chi connectivity index (χ0v) is 15.2. The number of hydrogen-bond acceptors (Lipinski definition) is 6. The fourth-order valence-electron chi connectivity index (χ4n) is 2.33. The van der Waals surface area contributed by atoms with Crippen LogP contribution in [0, 0.1) is 6.92 Å². The lowest BCUT2D eigenvalue weighted by molar-refractivity contribution is -0.113. The zero-order chi connectivity index (χ0) is 18.5. The highest BCUT2D eigenvalue weighted by Crippen LogP contribution is 2.24. The second-order valence-electron chi connectivity index (χ2n) is 5.49. The summed E-state index contributed by atoms with van der Waals surface area (Å²) in [6, 6.07) is 10.8. The first kappa shape index (κ1) is 17.9. The number of aromatic nitrogens is 3. The van der Waals surface area contributed by atoms with Gasteiger partial charge >= 0.3 is 5.69 Å². The largest absolute Gasteiger partial charge is 0.492 e. The first-order chi connectivity index (χ1) is 12.6. The molecule has 0 saturated carbocycles. The smallest absolute Gasteiger partial charge is 0.355 e. The number of thioether (sulfide) groups is 1. The van der Waals surface area contributed by atoms with Crippen LogP contribution in [-0.4, -0.2) is 32.6 Å². The Hall–Kier alpha value is -2.87. The van der Waals surface area contributed by atoms with E-state index in [4.69, 9.17) is 4.74 Å². The molecule has 0 fully saturated rings. The molecule has 0 radical (unpaired) electrons. The highest BCUT2D eigenvalue weighted by atomic mass is 32.2. The lowest BCUT2D eigenvalue weighted by Crippen LogP contribution is -2.20. The molecule has 0 atom stereocenters. The molecule has 26 heavy (non-hydrogen) atoms. The number of amides is 1. The van der Waals surface area contributed by atoms with Gasteiger partial charge in [-0.25, -0.2) is 9.78 Å². The Morgan fingerprint density at radius 2 is 2.04 bits per heavy atom. The summed E-state index contributed by atoms with van der Waals surface area (Å²) in [6.45, 7) is 4.28. The zero-order valence-electron chi connectivity index (χ0n) is 14.4. The van der Waals surface area contributed by atoms with Crippen molar-refractivity contribution in [2.45, 2.75) is 19.0 Å². The number of benzene rings is 1. The lowest BCUT2D eigenvalue weighted by Gasteiger charge is -2.10. The van der Waals surface area contributed by atoms with Gasteiger partial charge in [-0.05, 0) is 37.6 Å². The third kappa shape index (κ3) is 4.20. The Balaban J connectivity index is 1.69. The molecule has 2 heterocycles. The Kier molecular flexibility index (Phi) is 5.52. The number of pyridine rings is 1. The molecular formula is C18H18N4O3S. The maximum atomic E-state index is 12.2. The second kappa shape index (κ2) is 8.01. The standard InChI is InChI=1S/C18H18N4O3S/c1-3-25-14-7-5-4-6-13(14)19-16(23)11-26-17-20-15-9-8-12(2)10-22(15)18(24)21-17/h4-10H,3,11H2,1-2H3,(H,19,23). The summed E-state index contributed by atoms with van der Waals surface area (Å²) in [6.07, 6.45) is 1.68. The summed E-state index contributed by atoms with van der Waals surface area (Å²) in [5.74, 6) is 0.473. The summed E-state index contributed by atoms with van der Waals surface area (Å²) >= 11 is 1.11. The maximum absolute atomic E-state index is 12.2. The minimum absolute atomic E-state index is 0.0853. The van der Waals surface area contributed by atoms with Crippen LogP contribution >= 0.6 is 11.8 Å². The maximum Gasteiger partial charge on any atom is 0.355 e. The van der Waals surface area contributed by atoms with Crippen molar-refractivity contribution in [3.8, 4) is 5.75 Å². The van der Waals surface area contributed by atoms with E-state index in [9.17, 15) is 9.59 Å². The molecule has 3 aromatic rings. The van der Waals surface area contributed by atoms with E-state index < -0.39 is 5.69 Å². The second-order valence-corrected chi connectivity index (χ2v) is 6.43. The summed E-state index contributed by atoms with van der Waals surface area (Å²) in [7, 11) is 0. The molecule has 8 heteroatoms. The van der Waals surface area contributed by atoms with Gasteiger partial charge in [0, 0.05) is 6.20 Å². The molecule has 0 aliphatic rings. The van der Waals surface area contributed by atoms with Crippen molar-refractivity contribution in [1.82, 2.24) is 14.4 Å².